The van der Waals surface area contributed by atoms with Crippen molar-refractivity contribution in [2.75, 3.05) is 39.3 Å². The Labute approximate surface area is 141 Å². The summed E-state index contributed by atoms with van der Waals surface area (Å²) in [5.41, 5.74) is 0.666. The third kappa shape index (κ3) is 4.80. The summed E-state index contributed by atoms with van der Waals surface area (Å²) in [6.45, 7) is 7.16. The number of nitriles is 1. The summed E-state index contributed by atoms with van der Waals surface area (Å²) in [4.78, 5) is 6.42. The number of ether oxygens (including phenoxy) is 1. The lowest BCUT2D eigenvalue weighted by Gasteiger charge is -2.34. The quantitative estimate of drug-likeness (QED) is 0.818. The van der Waals surface area contributed by atoms with E-state index in [1.54, 1.807) is 12.1 Å². The normalized spacial score (nSPS) is 16.1. The van der Waals surface area contributed by atoms with Crippen LogP contribution in [0.3, 0.4) is 0 Å². The van der Waals surface area contributed by atoms with Crippen LogP contribution in [0.1, 0.15) is 10.4 Å². The molecular formula is C18H21N3OS. The molecule has 23 heavy (non-hydrogen) atoms. The molecule has 1 saturated heterocycles. The van der Waals surface area contributed by atoms with Crippen LogP contribution < -0.4 is 4.74 Å². The summed E-state index contributed by atoms with van der Waals surface area (Å²) >= 11 is 1.84. The van der Waals surface area contributed by atoms with Gasteiger partial charge in [0.15, 0.2) is 0 Å². The lowest BCUT2D eigenvalue weighted by molar-refractivity contribution is 0.113. The van der Waals surface area contributed by atoms with Crippen molar-refractivity contribution < 1.29 is 4.74 Å². The molecule has 1 aromatic carbocycles. The Kier molecular flexibility index (Phi) is 5.65. The lowest BCUT2D eigenvalue weighted by Crippen LogP contribution is -2.46. The molecular weight excluding hydrogens is 306 g/mol. The van der Waals surface area contributed by atoms with E-state index in [0.29, 0.717) is 12.2 Å². The van der Waals surface area contributed by atoms with E-state index < -0.39 is 0 Å². The van der Waals surface area contributed by atoms with Gasteiger partial charge in [0.1, 0.15) is 12.4 Å². The first kappa shape index (κ1) is 16.0. The molecule has 1 aliphatic rings. The van der Waals surface area contributed by atoms with Crippen molar-refractivity contribution in [3.8, 4) is 11.8 Å². The van der Waals surface area contributed by atoms with Crippen LogP contribution in [0.5, 0.6) is 5.75 Å². The van der Waals surface area contributed by atoms with Gasteiger partial charge < -0.3 is 4.74 Å². The van der Waals surface area contributed by atoms with Gasteiger partial charge in [0.05, 0.1) is 11.6 Å². The monoisotopic (exact) mass is 327 g/mol. The average Bonchev–Trinajstić information content (AvgIpc) is 3.10. The maximum Gasteiger partial charge on any atom is 0.119 e. The highest BCUT2D eigenvalue weighted by molar-refractivity contribution is 7.09. The van der Waals surface area contributed by atoms with Crippen molar-refractivity contribution in [1.82, 2.24) is 9.80 Å². The Morgan fingerprint density at radius 3 is 2.43 bits per heavy atom. The van der Waals surface area contributed by atoms with Gasteiger partial charge in [-0.15, -0.1) is 11.3 Å². The summed E-state index contributed by atoms with van der Waals surface area (Å²) in [5, 5.41) is 10.9. The van der Waals surface area contributed by atoms with Crippen LogP contribution in [0.2, 0.25) is 0 Å². The molecule has 0 spiro atoms. The van der Waals surface area contributed by atoms with Gasteiger partial charge in [-0.3, -0.25) is 9.80 Å². The molecule has 0 unspecified atom stereocenters. The Bertz CT molecular complexity index is 625. The fourth-order valence-corrected chi connectivity index (χ4v) is 3.46. The van der Waals surface area contributed by atoms with E-state index in [9.17, 15) is 0 Å². The molecule has 0 radical (unpaired) electrons. The summed E-state index contributed by atoms with van der Waals surface area (Å²) < 4.78 is 5.76. The van der Waals surface area contributed by atoms with Crippen LogP contribution >= 0.6 is 11.3 Å². The first-order valence-corrected chi connectivity index (χ1v) is 8.81. The third-order valence-electron chi connectivity index (χ3n) is 4.08. The molecule has 4 nitrogen and oxygen atoms in total. The summed E-state index contributed by atoms with van der Waals surface area (Å²) in [5.74, 6) is 0.834. The van der Waals surface area contributed by atoms with Gasteiger partial charge in [0.25, 0.3) is 0 Å². The van der Waals surface area contributed by atoms with Crippen LogP contribution in [-0.4, -0.2) is 49.1 Å². The largest absolute Gasteiger partial charge is 0.492 e. The van der Waals surface area contributed by atoms with Gasteiger partial charge in [0, 0.05) is 44.1 Å². The van der Waals surface area contributed by atoms with Crippen molar-refractivity contribution in [3.63, 3.8) is 0 Å². The maximum atomic E-state index is 8.78. The number of hydrogen-bond acceptors (Lipinski definition) is 5. The van der Waals surface area contributed by atoms with E-state index in [4.69, 9.17) is 10.00 Å². The van der Waals surface area contributed by atoms with Crippen molar-refractivity contribution in [2.45, 2.75) is 6.54 Å². The number of benzene rings is 1. The van der Waals surface area contributed by atoms with Crippen molar-refractivity contribution in [3.05, 3.63) is 52.2 Å². The number of nitrogens with zero attached hydrogens (tertiary/aromatic N) is 3. The standard InChI is InChI=1S/C18H21N3OS/c19-14-16-3-5-17(6-4-16)22-12-11-20-7-9-21(10-8-20)15-18-2-1-13-23-18/h1-6,13H,7-12,15H2. The Hall–Kier alpha value is -1.87. The molecule has 120 valence electrons. The van der Waals surface area contributed by atoms with Gasteiger partial charge >= 0.3 is 0 Å². The average molecular weight is 327 g/mol. The second-order valence-corrected chi connectivity index (χ2v) is 6.71. The van der Waals surface area contributed by atoms with Crippen LogP contribution in [-0.2, 0) is 6.54 Å². The topological polar surface area (TPSA) is 39.5 Å². The molecule has 2 aromatic rings. The van der Waals surface area contributed by atoms with E-state index in [2.05, 4.69) is 33.4 Å². The zero-order chi connectivity index (χ0) is 15.9. The highest BCUT2D eigenvalue weighted by Crippen LogP contribution is 2.14. The smallest absolute Gasteiger partial charge is 0.119 e. The first-order valence-electron chi connectivity index (χ1n) is 7.93. The molecule has 0 amide bonds. The van der Waals surface area contributed by atoms with E-state index >= 15 is 0 Å². The summed E-state index contributed by atoms with van der Waals surface area (Å²) in [7, 11) is 0. The van der Waals surface area contributed by atoms with Gasteiger partial charge in [-0.05, 0) is 35.7 Å². The molecule has 1 aliphatic heterocycles. The molecule has 0 bridgehead atoms. The maximum absolute atomic E-state index is 8.78. The first-order chi connectivity index (χ1) is 11.3. The second-order valence-electron chi connectivity index (χ2n) is 5.68. The summed E-state index contributed by atoms with van der Waals surface area (Å²) in [6.07, 6.45) is 0. The Morgan fingerprint density at radius 2 is 1.78 bits per heavy atom. The molecule has 1 fully saturated rings. The van der Waals surface area contributed by atoms with E-state index in [0.717, 1.165) is 45.0 Å². The molecule has 0 saturated carbocycles. The van der Waals surface area contributed by atoms with Crippen LogP contribution in [0.15, 0.2) is 41.8 Å². The van der Waals surface area contributed by atoms with Crippen molar-refractivity contribution >= 4 is 11.3 Å². The zero-order valence-corrected chi connectivity index (χ0v) is 14.0. The number of rotatable bonds is 6. The summed E-state index contributed by atoms with van der Waals surface area (Å²) in [6, 6.07) is 13.7. The fourth-order valence-electron chi connectivity index (χ4n) is 2.71. The number of thiophene rings is 1. The predicted molar refractivity (Wildman–Crippen MR) is 92.7 cm³/mol. The Balaban J connectivity index is 1.35. The molecule has 0 aliphatic carbocycles. The zero-order valence-electron chi connectivity index (χ0n) is 13.1. The van der Waals surface area contributed by atoms with Gasteiger partial charge in [-0.2, -0.15) is 5.26 Å². The molecule has 1 aromatic heterocycles. The van der Waals surface area contributed by atoms with Crippen molar-refractivity contribution in [1.29, 1.82) is 5.26 Å². The third-order valence-corrected chi connectivity index (χ3v) is 4.95. The molecule has 3 rings (SSSR count). The van der Waals surface area contributed by atoms with Gasteiger partial charge in [-0.25, -0.2) is 0 Å². The molecule has 5 heteroatoms. The minimum absolute atomic E-state index is 0.666. The Morgan fingerprint density at radius 1 is 1.04 bits per heavy atom. The highest BCUT2D eigenvalue weighted by atomic mass is 32.1. The highest BCUT2D eigenvalue weighted by Gasteiger charge is 2.16. The molecule has 2 heterocycles. The van der Waals surface area contributed by atoms with Crippen molar-refractivity contribution in [2.24, 2.45) is 0 Å². The van der Waals surface area contributed by atoms with Crippen LogP contribution in [0.4, 0.5) is 0 Å². The molecule has 0 atom stereocenters. The fraction of sp³-hybridized carbons (Fsp3) is 0.389. The number of hydrogen-bond donors (Lipinski definition) is 0. The van der Waals surface area contributed by atoms with Crippen LogP contribution in [0.25, 0.3) is 0 Å². The van der Waals surface area contributed by atoms with Gasteiger partial charge in [-0.1, -0.05) is 6.07 Å². The minimum Gasteiger partial charge on any atom is -0.492 e. The van der Waals surface area contributed by atoms with Gasteiger partial charge in [0.2, 0.25) is 0 Å². The SMILES string of the molecule is N#Cc1ccc(OCCN2CCN(Cc3cccs3)CC2)cc1. The van der Waals surface area contributed by atoms with E-state index in [-0.39, 0.29) is 0 Å². The van der Waals surface area contributed by atoms with E-state index in [1.807, 2.05) is 23.5 Å². The number of piperazine rings is 1. The molecule has 0 N–H and O–H groups in total. The second kappa shape index (κ2) is 8.11. The lowest BCUT2D eigenvalue weighted by atomic mass is 10.2. The predicted octanol–water partition coefficient (Wildman–Crippen LogP) is 2.82. The minimum atomic E-state index is 0.666. The van der Waals surface area contributed by atoms with E-state index in [1.165, 1.54) is 4.88 Å². The van der Waals surface area contributed by atoms with Crippen LogP contribution in [0, 0.1) is 11.3 Å².